The lowest BCUT2D eigenvalue weighted by atomic mass is 9.81. The van der Waals surface area contributed by atoms with E-state index in [1.807, 2.05) is 32.9 Å². The molecular formula is C36H51FN4O3. The molecule has 1 fully saturated rings. The molecule has 0 saturated carbocycles. The Hall–Kier alpha value is -3.26. The fourth-order valence-corrected chi connectivity index (χ4v) is 6.04. The highest BCUT2D eigenvalue weighted by atomic mass is 19.1. The number of unbranched alkanes of at least 4 members (excludes halogenated alkanes) is 3. The number of phenols is 1. The Morgan fingerprint density at radius 3 is 2.61 bits per heavy atom. The van der Waals surface area contributed by atoms with Gasteiger partial charge < -0.3 is 19.5 Å². The minimum absolute atomic E-state index is 0.00887. The minimum atomic E-state index is -0.432. The van der Waals surface area contributed by atoms with Crippen LogP contribution in [0.2, 0.25) is 0 Å². The van der Waals surface area contributed by atoms with Crippen LogP contribution in [0.3, 0.4) is 0 Å². The molecule has 1 N–H and O–H groups in total. The van der Waals surface area contributed by atoms with E-state index in [2.05, 4.69) is 25.7 Å². The first-order chi connectivity index (χ1) is 21.2. The second kappa shape index (κ2) is 15.6. The number of anilines is 1. The number of ether oxygens (including phenoxy) is 2. The van der Waals surface area contributed by atoms with Crippen molar-refractivity contribution in [3.8, 4) is 11.8 Å². The molecule has 7 nitrogen and oxygen atoms in total. The number of phenolic OH excluding ortho intramolecular Hbond substituents is 1. The second-order valence-corrected chi connectivity index (χ2v) is 12.7. The van der Waals surface area contributed by atoms with Gasteiger partial charge in [0.05, 0.1) is 30.2 Å². The van der Waals surface area contributed by atoms with Crippen molar-refractivity contribution in [3.05, 3.63) is 46.9 Å². The molecular weight excluding hydrogens is 555 g/mol. The van der Waals surface area contributed by atoms with Gasteiger partial charge >= 0.3 is 6.01 Å². The predicted octanol–water partition coefficient (Wildman–Crippen LogP) is 8.51. The van der Waals surface area contributed by atoms with Crippen LogP contribution in [0, 0.1) is 11.2 Å². The van der Waals surface area contributed by atoms with Crippen LogP contribution in [0.25, 0.3) is 17.2 Å². The fourth-order valence-electron chi connectivity index (χ4n) is 6.04. The van der Waals surface area contributed by atoms with Gasteiger partial charge in [-0.05, 0) is 64.3 Å². The van der Waals surface area contributed by atoms with Gasteiger partial charge in [-0.15, -0.1) is 0 Å². The normalized spacial score (nSPS) is 18.7. The number of allylic oxidation sites excluding steroid dienone is 3. The minimum Gasteiger partial charge on any atom is -0.508 e. The summed E-state index contributed by atoms with van der Waals surface area (Å²) in [5.41, 5.74) is 3.91. The third-order valence-electron chi connectivity index (χ3n) is 8.46. The van der Waals surface area contributed by atoms with Gasteiger partial charge in [-0.2, -0.15) is 9.97 Å². The number of fused-ring (bicyclic) bond motifs is 1. The van der Waals surface area contributed by atoms with E-state index in [9.17, 15) is 5.11 Å². The highest BCUT2D eigenvalue weighted by molar-refractivity contribution is 6.49. The predicted molar refractivity (Wildman–Crippen MR) is 179 cm³/mol. The largest absolute Gasteiger partial charge is 0.508 e. The molecule has 0 radical (unpaired) electrons. The number of hydrogen-bond acceptors (Lipinski definition) is 7. The van der Waals surface area contributed by atoms with Crippen LogP contribution in [0.5, 0.6) is 11.8 Å². The van der Waals surface area contributed by atoms with Crippen LogP contribution in [-0.2, 0) is 4.74 Å². The molecule has 0 spiro atoms. The third-order valence-corrected chi connectivity index (χ3v) is 8.46. The zero-order valence-corrected chi connectivity index (χ0v) is 27.6. The summed E-state index contributed by atoms with van der Waals surface area (Å²) in [4.78, 5) is 17.3. The first-order valence-corrected chi connectivity index (χ1v) is 16.5. The van der Waals surface area contributed by atoms with Crippen molar-refractivity contribution in [1.29, 1.82) is 0 Å². The van der Waals surface area contributed by atoms with Crippen molar-refractivity contribution >= 4 is 28.8 Å². The van der Waals surface area contributed by atoms with Crippen molar-refractivity contribution in [3.63, 3.8) is 0 Å². The maximum atomic E-state index is 15.3. The average molecular weight is 607 g/mol. The Morgan fingerprint density at radius 2 is 1.89 bits per heavy atom. The molecule has 1 aromatic heterocycles. The SMILES string of the molecule is C/C=C1\C(=NC(C)C)C(c2cc(O)ccc2F)=Cc2nc(OCC(C)(CCCC)CCCCC)nc(N3CCCOCC3)c21. The Kier molecular flexibility index (Phi) is 12.0. The van der Waals surface area contributed by atoms with Crippen molar-refractivity contribution in [2.75, 3.05) is 37.8 Å². The number of benzene rings is 1. The van der Waals surface area contributed by atoms with E-state index in [-0.39, 0.29) is 22.8 Å². The van der Waals surface area contributed by atoms with Crippen molar-refractivity contribution in [2.45, 2.75) is 99.0 Å². The van der Waals surface area contributed by atoms with Gasteiger partial charge in [-0.3, -0.25) is 4.99 Å². The van der Waals surface area contributed by atoms with Crippen LogP contribution in [-0.4, -0.2) is 59.7 Å². The van der Waals surface area contributed by atoms with E-state index in [1.165, 1.54) is 37.5 Å². The zero-order valence-electron chi connectivity index (χ0n) is 27.6. The highest BCUT2D eigenvalue weighted by Gasteiger charge is 2.32. The maximum Gasteiger partial charge on any atom is 0.318 e. The maximum absolute atomic E-state index is 15.3. The number of aromatic hydroxyl groups is 1. The Bertz CT molecular complexity index is 1360. The van der Waals surface area contributed by atoms with Crippen LogP contribution in [0.15, 0.2) is 29.3 Å². The number of rotatable bonds is 13. The fraction of sp³-hybridized carbons (Fsp3) is 0.583. The highest BCUT2D eigenvalue weighted by Crippen LogP contribution is 2.42. The monoisotopic (exact) mass is 606 g/mol. The van der Waals surface area contributed by atoms with Crippen molar-refractivity contribution in [2.24, 2.45) is 10.4 Å². The summed E-state index contributed by atoms with van der Waals surface area (Å²) in [7, 11) is 0. The number of aliphatic imine (C=N–C) groups is 1. The van der Waals surface area contributed by atoms with Gasteiger partial charge in [0.25, 0.3) is 0 Å². The van der Waals surface area contributed by atoms with Gasteiger partial charge in [-0.1, -0.05) is 59.0 Å². The lowest BCUT2D eigenvalue weighted by Gasteiger charge is -2.31. The topological polar surface area (TPSA) is 80.1 Å². The number of halogens is 1. The smallest absolute Gasteiger partial charge is 0.318 e. The number of nitrogens with zero attached hydrogens (tertiary/aromatic N) is 4. The molecule has 2 aliphatic rings. The molecule has 240 valence electrons. The lowest BCUT2D eigenvalue weighted by molar-refractivity contribution is 0.126. The van der Waals surface area contributed by atoms with Crippen LogP contribution in [0.4, 0.5) is 10.2 Å². The lowest BCUT2D eigenvalue weighted by Crippen LogP contribution is -2.30. The van der Waals surface area contributed by atoms with Gasteiger partial charge in [0.1, 0.15) is 17.4 Å². The summed E-state index contributed by atoms with van der Waals surface area (Å²) in [6.45, 7) is 16.1. The molecule has 2 aromatic rings. The Labute approximate surface area is 263 Å². The van der Waals surface area contributed by atoms with E-state index < -0.39 is 5.82 Å². The first-order valence-electron chi connectivity index (χ1n) is 16.5. The van der Waals surface area contributed by atoms with Crippen LogP contribution < -0.4 is 9.64 Å². The van der Waals surface area contributed by atoms with E-state index in [0.29, 0.717) is 49.4 Å². The number of hydrogen-bond donors (Lipinski definition) is 1. The summed E-state index contributed by atoms with van der Waals surface area (Å²) in [5, 5.41) is 10.3. The molecule has 2 heterocycles. The molecule has 0 amide bonds. The summed E-state index contributed by atoms with van der Waals surface area (Å²) in [6, 6.07) is 4.38. The summed E-state index contributed by atoms with van der Waals surface area (Å²) in [5.74, 6) is 0.344. The Balaban J connectivity index is 1.87. The summed E-state index contributed by atoms with van der Waals surface area (Å²) < 4.78 is 27.6. The van der Waals surface area contributed by atoms with E-state index in [4.69, 9.17) is 24.4 Å². The van der Waals surface area contributed by atoms with E-state index >= 15 is 4.39 Å². The molecule has 4 rings (SSSR count). The molecule has 1 atom stereocenters. The van der Waals surface area contributed by atoms with Gasteiger partial charge in [-0.25, -0.2) is 4.39 Å². The van der Waals surface area contributed by atoms with Crippen molar-refractivity contribution in [1.82, 2.24) is 9.97 Å². The molecule has 0 bridgehead atoms. The van der Waals surface area contributed by atoms with E-state index in [0.717, 1.165) is 55.6 Å². The van der Waals surface area contributed by atoms with Crippen molar-refractivity contribution < 1.29 is 19.0 Å². The number of aromatic nitrogens is 2. The standard InChI is InChI=1S/C36H51FN4O3/c1-7-10-12-17-36(6,16-11-8-2)24-44-35-39-31-23-29(28-22-26(42)14-15-30(28)37)33(38-25(4)5)27(9-3)32(31)34(40-35)41-18-13-20-43-21-19-41/h9,14-15,22-23,25,42H,7-8,10-13,16-21,24H2,1-6H3/b27-9-,38-33?. The average Bonchev–Trinajstić information content (AvgIpc) is 3.29. The second-order valence-electron chi connectivity index (χ2n) is 12.7. The first kappa shape index (κ1) is 33.6. The molecule has 1 aliphatic heterocycles. The summed E-state index contributed by atoms with van der Waals surface area (Å²) >= 11 is 0. The molecule has 1 saturated heterocycles. The Morgan fingerprint density at radius 1 is 1.11 bits per heavy atom. The van der Waals surface area contributed by atoms with Gasteiger partial charge in [0.2, 0.25) is 0 Å². The quantitative estimate of drug-likeness (QED) is 0.230. The molecule has 8 heteroatoms. The van der Waals surface area contributed by atoms with Gasteiger partial charge in [0, 0.05) is 47.9 Å². The molecule has 44 heavy (non-hydrogen) atoms. The third kappa shape index (κ3) is 8.26. The molecule has 1 aromatic carbocycles. The molecule has 1 unspecified atom stereocenters. The molecule has 1 aliphatic carbocycles. The summed E-state index contributed by atoms with van der Waals surface area (Å²) in [6.07, 6.45) is 12.8. The van der Waals surface area contributed by atoms with Crippen LogP contribution >= 0.6 is 0 Å². The van der Waals surface area contributed by atoms with Crippen LogP contribution in [0.1, 0.15) is 110 Å². The van der Waals surface area contributed by atoms with Gasteiger partial charge in [0.15, 0.2) is 0 Å². The zero-order chi connectivity index (χ0) is 31.7. The van der Waals surface area contributed by atoms with E-state index in [1.54, 1.807) is 0 Å².